The van der Waals surface area contributed by atoms with E-state index in [1.807, 2.05) is 55.7 Å². The van der Waals surface area contributed by atoms with Crippen molar-refractivity contribution in [3.63, 3.8) is 0 Å². The fourth-order valence-electron chi connectivity index (χ4n) is 4.61. The van der Waals surface area contributed by atoms with E-state index in [-0.39, 0.29) is 29.6 Å². The molecule has 9 nitrogen and oxygen atoms in total. The number of nitrogens with one attached hydrogen (secondary N) is 1. The molecule has 0 aliphatic carbocycles. The highest BCUT2D eigenvalue weighted by molar-refractivity contribution is 7.07. The van der Waals surface area contributed by atoms with E-state index in [1.54, 1.807) is 45.2 Å². The lowest BCUT2D eigenvalue weighted by atomic mass is 10.1. The standard InChI is InChI=1S/C30H25FN6O3S/c1-18(20-8-7-9-22(31)14-20)34-36-25(21-12-13-26-24(15-21)32-27(38)16-40-26)17-41-30(36)33-28-19(2)35(3)37(29(28)39)23-10-5-4-6-11-23/h4-15,17H,16H2,1-3H3,(H,32,38). The van der Waals surface area contributed by atoms with Crippen LogP contribution in [0.3, 0.4) is 0 Å². The molecule has 0 spiro atoms. The topological polar surface area (TPSA) is 94.9 Å². The van der Waals surface area contributed by atoms with Crippen molar-refractivity contribution in [1.82, 2.24) is 14.0 Å². The van der Waals surface area contributed by atoms with Crippen molar-refractivity contribution in [1.29, 1.82) is 0 Å². The van der Waals surface area contributed by atoms with Gasteiger partial charge in [0.2, 0.25) is 4.80 Å². The number of amides is 1. The average molecular weight is 569 g/mol. The van der Waals surface area contributed by atoms with Crippen molar-refractivity contribution < 1.29 is 13.9 Å². The van der Waals surface area contributed by atoms with E-state index >= 15 is 0 Å². The van der Waals surface area contributed by atoms with Crippen LogP contribution in [0.15, 0.2) is 93.1 Å². The van der Waals surface area contributed by atoms with Gasteiger partial charge in [0.1, 0.15) is 11.6 Å². The number of benzene rings is 3. The number of aromatic nitrogens is 3. The molecule has 1 N–H and O–H groups in total. The minimum atomic E-state index is -0.371. The number of anilines is 1. The summed E-state index contributed by atoms with van der Waals surface area (Å²) < 4.78 is 24.5. The molecule has 0 saturated heterocycles. The summed E-state index contributed by atoms with van der Waals surface area (Å²) in [5, 5.41) is 9.53. The Labute approximate surface area is 238 Å². The summed E-state index contributed by atoms with van der Waals surface area (Å²) in [4.78, 5) is 30.8. The van der Waals surface area contributed by atoms with E-state index in [9.17, 15) is 14.0 Å². The third kappa shape index (κ3) is 4.91. The van der Waals surface area contributed by atoms with Crippen LogP contribution in [0.4, 0.5) is 15.8 Å². The molecule has 6 rings (SSSR count). The molecule has 5 aromatic rings. The number of carbonyl (C=O) groups excluding carboxylic acids is 1. The van der Waals surface area contributed by atoms with Gasteiger partial charge in [0.15, 0.2) is 12.3 Å². The Kier molecular flexibility index (Phi) is 6.72. The summed E-state index contributed by atoms with van der Waals surface area (Å²) in [7, 11) is 1.81. The van der Waals surface area contributed by atoms with Crippen LogP contribution >= 0.6 is 11.3 Å². The minimum Gasteiger partial charge on any atom is -0.482 e. The second-order valence-corrected chi connectivity index (χ2v) is 10.3. The van der Waals surface area contributed by atoms with Crippen LogP contribution in [-0.4, -0.2) is 32.3 Å². The summed E-state index contributed by atoms with van der Waals surface area (Å²) in [6.07, 6.45) is 0. The Hall–Kier alpha value is -5.03. The average Bonchev–Trinajstić information content (AvgIpc) is 3.46. The molecule has 1 aliphatic heterocycles. The molecule has 3 heterocycles. The van der Waals surface area contributed by atoms with Gasteiger partial charge >= 0.3 is 0 Å². The Bertz CT molecular complexity index is 1970. The Balaban J connectivity index is 1.55. The zero-order valence-electron chi connectivity index (χ0n) is 22.5. The molecule has 0 bridgehead atoms. The molecule has 0 radical (unpaired) electrons. The van der Waals surface area contributed by atoms with Crippen LogP contribution in [0.5, 0.6) is 5.75 Å². The van der Waals surface area contributed by atoms with Crippen LogP contribution in [0.1, 0.15) is 18.2 Å². The molecular formula is C30H25FN6O3S. The van der Waals surface area contributed by atoms with Crippen molar-refractivity contribution in [2.24, 2.45) is 17.1 Å². The molecule has 0 saturated carbocycles. The van der Waals surface area contributed by atoms with Crippen LogP contribution in [-0.2, 0) is 11.8 Å². The normalized spacial score (nSPS) is 13.6. The second-order valence-electron chi connectivity index (χ2n) is 9.48. The Morgan fingerprint density at radius 1 is 1.05 bits per heavy atom. The van der Waals surface area contributed by atoms with E-state index in [2.05, 4.69) is 5.32 Å². The molecule has 2 aromatic heterocycles. The molecular weight excluding hydrogens is 543 g/mol. The van der Waals surface area contributed by atoms with Crippen molar-refractivity contribution in [2.45, 2.75) is 13.8 Å². The second kappa shape index (κ2) is 10.5. The van der Waals surface area contributed by atoms with Gasteiger partial charge in [-0.3, -0.25) is 14.3 Å². The Morgan fingerprint density at radius 2 is 1.85 bits per heavy atom. The summed E-state index contributed by atoms with van der Waals surface area (Å²) >= 11 is 1.31. The zero-order chi connectivity index (χ0) is 28.7. The molecule has 1 amide bonds. The molecule has 3 aromatic carbocycles. The van der Waals surface area contributed by atoms with Crippen molar-refractivity contribution in [3.05, 3.63) is 110 Å². The lowest BCUT2D eigenvalue weighted by Crippen LogP contribution is -2.25. The lowest BCUT2D eigenvalue weighted by molar-refractivity contribution is -0.118. The van der Waals surface area contributed by atoms with E-state index < -0.39 is 0 Å². The first kappa shape index (κ1) is 26.2. The molecule has 41 heavy (non-hydrogen) atoms. The van der Waals surface area contributed by atoms with Gasteiger partial charge in [-0.15, -0.1) is 11.3 Å². The number of hydrogen-bond donors (Lipinski definition) is 1. The fraction of sp³-hybridized carbons (Fsp3) is 0.133. The van der Waals surface area contributed by atoms with Gasteiger partial charge in [0, 0.05) is 23.6 Å². The first-order chi connectivity index (χ1) is 19.8. The third-order valence-electron chi connectivity index (χ3n) is 6.82. The van der Waals surface area contributed by atoms with Crippen molar-refractivity contribution in [3.8, 4) is 22.7 Å². The van der Waals surface area contributed by atoms with E-state index in [1.165, 1.54) is 23.5 Å². The lowest BCUT2D eigenvalue weighted by Gasteiger charge is -2.18. The number of nitrogens with zero attached hydrogens (tertiary/aromatic N) is 5. The van der Waals surface area contributed by atoms with Crippen LogP contribution in [0, 0.1) is 12.7 Å². The molecule has 206 valence electrons. The van der Waals surface area contributed by atoms with E-state index in [0.29, 0.717) is 38.9 Å². The predicted octanol–water partition coefficient (Wildman–Crippen LogP) is 4.99. The smallest absolute Gasteiger partial charge is 0.297 e. The molecule has 1 aliphatic rings. The van der Waals surface area contributed by atoms with Gasteiger partial charge in [-0.1, -0.05) is 30.3 Å². The van der Waals surface area contributed by atoms with E-state index in [0.717, 1.165) is 11.3 Å². The molecule has 0 atom stereocenters. The fourth-order valence-corrected chi connectivity index (χ4v) is 5.45. The summed E-state index contributed by atoms with van der Waals surface area (Å²) in [6, 6.07) is 21.0. The zero-order valence-corrected chi connectivity index (χ0v) is 23.3. The number of fused-ring (bicyclic) bond motifs is 1. The quantitative estimate of drug-likeness (QED) is 0.303. The van der Waals surface area contributed by atoms with Crippen molar-refractivity contribution >= 4 is 34.3 Å². The molecule has 0 fully saturated rings. The van der Waals surface area contributed by atoms with Gasteiger partial charge in [-0.25, -0.2) is 18.7 Å². The maximum atomic E-state index is 14.0. The first-order valence-electron chi connectivity index (χ1n) is 12.8. The van der Waals surface area contributed by atoms with Gasteiger partial charge < -0.3 is 10.1 Å². The Morgan fingerprint density at radius 3 is 2.63 bits per heavy atom. The number of ether oxygens (including phenoxy) is 1. The highest BCUT2D eigenvalue weighted by Gasteiger charge is 2.20. The number of halogens is 1. The summed E-state index contributed by atoms with van der Waals surface area (Å²) in [5.41, 5.74) is 4.53. The molecule has 0 unspecified atom stereocenters. The van der Waals surface area contributed by atoms with Gasteiger partial charge in [-0.2, -0.15) is 5.10 Å². The highest BCUT2D eigenvalue weighted by atomic mass is 32.1. The maximum Gasteiger partial charge on any atom is 0.297 e. The highest BCUT2D eigenvalue weighted by Crippen LogP contribution is 2.33. The number of carbonyl (C=O) groups is 1. The van der Waals surface area contributed by atoms with Crippen LogP contribution in [0.2, 0.25) is 0 Å². The molecule has 11 heteroatoms. The van der Waals surface area contributed by atoms with Gasteiger partial charge in [0.05, 0.1) is 28.5 Å². The largest absolute Gasteiger partial charge is 0.482 e. The number of para-hydroxylation sites is 1. The predicted molar refractivity (Wildman–Crippen MR) is 157 cm³/mol. The monoisotopic (exact) mass is 568 g/mol. The number of thiazole rings is 1. The summed E-state index contributed by atoms with van der Waals surface area (Å²) in [6.45, 7) is 3.58. The van der Waals surface area contributed by atoms with Crippen molar-refractivity contribution in [2.75, 3.05) is 11.9 Å². The van der Waals surface area contributed by atoms with Gasteiger partial charge in [0.25, 0.3) is 11.5 Å². The summed E-state index contributed by atoms with van der Waals surface area (Å²) in [5.74, 6) is -0.0390. The number of hydrogen-bond acceptors (Lipinski definition) is 6. The number of rotatable bonds is 5. The van der Waals surface area contributed by atoms with E-state index in [4.69, 9.17) is 14.8 Å². The third-order valence-corrected chi connectivity index (χ3v) is 7.63. The first-order valence-corrected chi connectivity index (χ1v) is 13.7. The maximum absolute atomic E-state index is 14.0. The minimum absolute atomic E-state index is 0.0398. The SMILES string of the molecule is CC(=Nn1c(-c2ccc3c(c2)NC(=O)CO3)csc1=Nc1c(C)n(C)n(-c2ccccc2)c1=O)c1cccc(F)c1. The van der Waals surface area contributed by atoms with Gasteiger partial charge in [-0.05, 0) is 56.3 Å². The van der Waals surface area contributed by atoms with Crippen LogP contribution in [0.25, 0.3) is 16.9 Å². The van der Waals surface area contributed by atoms with Crippen LogP contribution < -0.4 is 20.4 Å².